The van der Waals surface area contributed by atoms with Crippen LogP contribution in [-0.4, -0.2) is 0 Å². The topological polar surface area (TPSA) is 38.0 Å². The van der Waals surface area contributed by atoms with Gasteiger partial charge in [-0.05, 0) is 42.4 Å². The molecule has 0 radical (unpaired) electrons. The highest BCUT2D eigenvalue weighted by atomic mass is 35.5. The first-order valence-electron chi connectivity index (χ1n) is 6.96. The molecule has 1 aromatic carbocycles. The Kier molecular flexibility index (Phi) is 5.04. The molecule has 3 unspecified atom stereocenters. The molecule has 0 aliphatic heterocycles. The zero-order valence-electron chi connectivity index (χ0n) is 11.0. The summed E-state index contributed by atoms with van der Waals surface area (Å²) in [5.41, 5.74) is 4.22. The number of nitrogens with two attached hydrogens (primary N) is 1. The molecule has 1 aromatic rings. The molecule has 0 amide bonds. The summed E-state index contributed by atoms with van der Waals surface area (Å²) < 4.78 is 0. The molecule has 3 heteroatoms. The Balaban J connectivity index is 2.12. The van der Waals surface area contributed by atoms with Gasteiger partial charge in [0.15, 0.2) is 0 Å². The predicted molar refractivity (Wildman–Crippen MR) is 77.3 cm³/mol. The summed E-state index contributed by atoms with van der Waals surface area (Å²) >= 11 is 6.07. The lowest BCUT2D eigenvalue weighted by molar-refractivity contribution is 0.210. The number of halogens is 1. The van der Waals surface area contributed by atoms with Crippen molar-refractivity contribution in [1.82, 2.24) is 5.43 Å². The summed E-state index contributed by atoms with van der Waals surface area (Å²) in [5, 5.41) is 0.788. The van der Waals surface area contributed by atoms with Crippen LogP contribution in [0.15, 0.2) is 24.3 Å². The van der Waals surface area contributed by atoms with Crippen LogP contribution >= 0.6 is 11.6 Å². The van der Waals surface area contributed by atoms with E-state index in [1.54, 1.807) is 0 Å². The van der Waals surface area contributed by atoms with Crippen LogP contribution in [0, 0.1) is 11.8 Å². The third-order valence-corrected chi connectivity index (χ3v) is 4.49. The van der Waals surface area contributed by atoms with Gasteiger partial charge in [-0.3, -0.25) is 11.3 Å². The van der Waals surface area contributed by atoms with Crippen LogP contribution in [0.25, 0.3) is 0 Å². The molecule has 2 rings (SSSR count). The van der Waals surface area contributed by atoms with Crippen LogP contribution in [-0.2, 0) is 0 Å². The molecule has 1 fully saturated rings. The second-order valence-electron chi connectivity index (χ2n) is 5.40. The minimum absolute atomic E-state index is 0.234. The van der Waals surface area contributed by atoms with Gasteiger partial charge in [0.2, 0.25) is 0 Å². The molecule has 0 saturated heterocycles. The SMILES string of the molecule is CCC1CCCC(C(NN)c2cccc(Cl)c2)C1. The van der Waals surface area contributed by atoms with Crippen molar-refractivity contribution in [2.45, 2.75) is 45.1 Å². The average Bonchev–Trinajstić information content (AvgIpc) is 2.40. The Morgan fingerprint density at radius 3 is 2.94 bits per heavy atom. The molecule has 1 aliphatic rings. The van der Waals surface area contributed by atoms with Gasteiger partial charge in [-0.1, -0.05) is 49.9 Å². The number of hydrogen-bond donors (Lipinski definition) is 2. The molecule has 0 heterocycles. The van der Waals surface area contributed by atoms with E-state index in [0.29, 0.717) is 5.92 Å². The zero-order chi connectivity index (χ0) is 13.0. The standard InChI is InChI=1S/C15H23ClN2/c1-2-11-5-3-6-12(9-11)15(18-17)13-7-4-8-14(16)10-13/h4,7-8,10-12,15,18H,2-3,5-6,9,17H2,1H3. The van der Waals surface area contributed by atoms with Gasteiger partial charge >= 0.3 is 0 Å². The van der Waals surface area contributed by atoms with Gasteiger partial charge in [0.25, 0.3) is 0 Å². The molecule has 100 valence electrons. The van der Waals surface area contributed by atoms with Crippen molar-refractivity contribution >= 4 is 11.6 Å². The second kappa shape index (κ2) is 6.55. The highest BCUT2D eigenvalue weighted by molar-refractivity contribution is 6.30. The third kappa shape index (κ3) is 3.25. The number of benzene rings is 1. The summed E-state index contributed by atoms with van der Waals surface area (Å²) in [6.07, 6.45) is 6.51. The van der Waals surface area contributed by atoms with Crippen molar-refractivity contribution in [1.29, 1.82) is 0 Å². The minimum atomic E-state index is 0.234. The second-order valence-corrected chi connectivity index (χ2v) is 5.84. The van der Waals surface area contributed by atoms with Crippen molar-refractivity contribution in [3.05, 3.63) is 34.9 Å². The van der Waals surface area contributed by atoms with E-state index in [1.165, 1.54) is 37.7 Å². The summed E-state index contributed by atoms with van der Waals surface area (Å²) in [7, 11) is 0. The molecule has 3 N–H and O–H groups in total. The maximum atomic E-state index is 6.07. The Hall–Kier alpha value is -0.570. The molecule has 0 spiro atoms. The van der Waals surface area contributed by atoms with Gasteiger partial charge < -0.3 is 0 Å². The molecule has 18 heavy (non-hydrogen) atoms. The molecule has 0 aromatic heterocycles. The average molecular weight is 267 g/mol. The highest BCUT2D eigenvalue weighted by Crippen LogP contribution is 2.38. The maximum Gasteiger partial charge on any atom is 0.0488 e. The fourth-order valence-electron chi connectivity index (χ4n) is 3.21. The lowest BCUT2D eigenvalue weighted by atomic mass is 9.75. The van der Waals surface area contributed by atoms with E-state index in [-0.39, 0.29) is 6.04 Å². The predicted octanol–water partition coefficient (Wildman–Crippen LogP) is 4.06. The zero-order valence-corrected chi connectivity index (χ0v) is 11.8. The van der Waals surface area contributed by atoms with Gasteiger partial charge in [-0.25, -0.2) is 0 Å². The summed E-state index contributed by atoms with van der Waals surface area (Å²) in [6.45, 7) is 2.29. The van der Waals surface area contributed by atoms with E-state index in [2.05, 4.69) is 18.4 Å². The van der Waals surface area contributed by atoms with Gasteiger partial charge in [-0.15, -0.1) is 0 Å². The van der Waals surface area contributed by atoms with Gasteiger partial charge in [-0.2, -0.15) is 0 Å². The maximum absolute atomic E-state index is 6.07. The third-order valence-electron chi connectivity index (χ3n) is 4.26. The molecule has 3 atom stereocenters. The minimum Gasteiger partial charge on any atom is -0.271 e. The van der Waals surface area contributed by atoms with Crippen LogP contribution in [0.1, 0.15) is 50.6 Å². The largest absolute Gasteiger partial charge is 0.271 e. The van der Waals surface area contributed by atoms with Crippen LogP contribution in [0.5, 0.6) is 0 Å². The van der Waals surface area contributed by atoms with Crippen LogP contribution < -0.4 is 11.3 Å². The van der Waals surface area contributed by atoms with E-state index in [4.69, 9.17) is 17.4 Å². The van der Waals surface area contributed by atoms with Gasteiger partial charge in [0, 0.05) is 11.1 Å². The van der Waals surface area contributed by atoms with Crippen LogP contribution in [0.2, 0.25) is 5.02 Å². The Bertz CT molecular complexity index is 381. The van der Waals surface area contributed by atoms with E-state index in [0.717, 1.165) is 10.9 Å². The molecule has 2 nitrogen and oxygen atoms in total. The monoisotopic (exact) mass is 266 g/mol. The Morgan fingerprint density at radius 2 is 2.28 bits per heavy atom. The van der Waals surface area contributed by atoms with E-state index >= 15 is 0 Å². The number of rotatable bonds is 4. The molecule has 0 bridgehead atoms. The van der Waals surface area contributed by atoms with Crippen molar-refractivity contribution < 1.29 is 0 Å². The highest BCUT2D eigenvalue weighted by Gasteiger charge is 2.28. The van der Waals surface area contributed by atoms with Gasteiger partial charge in [0.05, 0.1) is 0 Å². The molecule has 1 aliphatic carbocycles. The first kappa shape index (κ1) is 13.9. The lowest BCUT2D eigenvalue weighted by Gasteiger charge is -2.34. The molecule has 1 saturated carbocycles. The summed E-state index contributed by atoms with van der Waals surface area (Å²) in [5.74, 6) is 7.27. The normalized spacial score (nSPS) is 25.9. The first-order chi connectivity index (χ1) is 8.74. The quantitative estimate of drug-likeness (QED) is 0.637. The molecular weight excluding hydrogens is 244 g/mol. The van der Waals surface area contributed by atoms with E-state index < -0.39 is 0 Å². The van der Waals surface area contributed by atoms with Crippen LogP contribution in [0.4, 0.5) is 0 Å². The fraction of sp³-hybridized carbons (Fsp3) is 0.600. The van der Waals surface area contributed by atoms with Crippen LogP contribution in [0.3, 0.4) is 0 Å². The van der Waals surface area contributed by atoms with E-state index in [9.17, 15) is 0 Å². The number of hydrogen-bond acceptors (Lipinski definition) is 2. The van der Waals surface area contributed by atoms with Crippen molar-refractivity contribution in [2.24, 2.45) is 17.7 Å². The fourth-order valence-corrected chi connectivity index (χ4v) is 3.41. The number of nitrogens with one attached hydrogen (secondary N) is 1. The number of hydrazine groups is 1. The first-order valence-corrected chi connectivity index (χ1v) is 7.34. The van der Waals surface area contributed by atoms with Crippen molar-refractivity contribution in [3.63, 3.8) is 0 Å². The smallest absolute Gasteiger partial charge is 0.0488 e. The Morgan fingerprint density at radius 1 is 1.44 bits per heavy atom. The lowest BCUT2D eigenvalue weighted by Crippen LogP contribution is -2.35. The summed E-state index contributed by atoms with van der Waals surface area (Å²) in [4.78, 5) is 0. The van der Waals surface area contributed by atoms with E-state index in [1.807, 2.05) is 18.2 Å². The van der Waals surface area contributed by atoms with Crippen molar-refractivity contribution in [2.75, 3.05) is 0 Å². The molecular formula is C15H23ClN2. The summed E-state index contributed by atoms with van der Waals surface area (Å²) in [6, 6.07) is 8.29. The van der Waals surface area contributed by atoms with Gasteiger partial charge in [0.1, 0.15) is 0 Å². The Labute approximate surface area is 115 Å². The van der Waals surface area contributed by atoms with Crippen molar-refractivity contribution in [3.8, 4) is 0 Å².